The van der Waals surface area contributed by atoms with Crippen molar-refractivity contribution in [2.75, 3.05) is 18.9 Å². The Morgan fingerprint density at radius 2 is 1.93 bits per heavy atom. The lowest BCUT2D eigenvalue weighted by molar-refractivity contribution is 0.792. The van der Waals surface area contributed by atoms with Gasteiger partial charge in [-0.25, -0.2) is 0 Å². The van der Waals surface area contributed by atoms with Gasteiger partial charge in [0, 0.05) is 11.7 Å². The number of benzene rings is 1. The highest BCUT2D eigenvalue weighted by Crippen LogP contribution is 2.24. The zero-order chi connectivity index (χ0) is 9.80. The van der Waals surface area contributed by atoms with E-state index in [1.807, 2.05) is 7.05 Å². The molecular weight excluding hydrogens is 172 g/mol. The van der Waals surface area contributed by atoms with E-state index in [1.54, 1.807) is 0 Å². The molecule has 1 saturated carbocycles. The SMILES string of the molecule is CNCCc1ccc(NC2CC2)cc1. The van der Waals surface area contributed by atoms with Crippen molar-refractivity contribution < 1.29 is 0 Å². The van der Waals surface area contributed by atoms with Gasteiger partial charge in [0.15, 0.2) is 0 Å². The predicted octanol–water partition coefficient (Wildman–Crippen LogP) is 2.02. The van der Waals surface area contributed by atoms with E-state index in [0.717, 1.165) is 19.0 Å². The van der Waals surface area contributed by atoms with Crippen molar-refractivity contribution in [1.82, 2.24) is 5.32 Å². The molecule has 0 heterocycles. The third-order valence-corrected chi connectivity index (χ3v) is 2.57. The second kappa shape index (κ2) is 4.47. The van der Waals surface area contributed by atoms with E-state index < -0.39 is 0 Å². The van der Waals surface area contributed by atoms with E-state index in [4.69, 9.17) is 0 Å². The maximum absolute atomic E-state index is 3.48. The van der Waals surface area contributed by atoms with Crippen LogP contribution >= 0.6 is 0 Å². The molecule has 1 aliphatic rings. The van der Waals surface area contributed by atoms with Gasteiger partial charge in [-0.2, -0.15) is 0 Å². The molecule has 1 fully saturated rings. The second-order valence-electron chi connectivity index (χ2n) is 3.97. The summed E-state index contributed by atoms with van der Waals surface area (Å²) in [7, 11) is 1.99. The largest absolute Gasteiger partial charge is 0.382 e. The summed E-state index contributed by atoms with van der Waals surface area (Å²) in [4.78, 5) is 0. The molecule has 0 aromatic heterocycles. The van der Waals surface area contributed by atoms with Crippen LogP contribution in [0.4, 0.5) is 5.69 Å². The fourth-order valence-corrected chi connectivity index (χ4v) is 1.50. The van der Waals surface area contributed by atoms with Crippen molar-refractivity contribution in [3.05, 3.63) is 29.8 Å². The van der Waals surface area contributed by atoms with Crippen LogP contribution in [0.15, 0.2) is 24.3 Å². The average molecular weight is 190 g/mol. The summed E-state index contributed by atoms with van der Waals surface area (Å²) < 4.78 is 0. The standard InChI is InChI=1S/C12H18N2/c1-13-9-8-10-2-4-11(5-3-10)14-12-6-7-12/h2-5,12-14H,6-9H2,1H3. The summed E-state index contributed by atoms with van der Waals surface area (Å²) in [6, 6.07) is 9.54. The highest BCUT2D eigenvalue weighted by Gasteiger charge is 2.20. The van der Waals surface area contributed by atoms with Gasteiger partial charge in [-0.1, -0.05) is 12.1 Å². The smallest absolute Gasteiger partial charge is 0.0342 e. The molecule has 14 heavy (non-hydrogen) atoms. The molecule has 0 atom stereocenters. The van der Waals surface area contributed by atoms with Crippen LogP contribution in [0.2, 0.25) is 0 Å². The van der Waals surface area contributed by atoms with E-state index in [9.17, 15) is 0 Å². The van der Waals surface area contributed by atoms with Gasteiger partial charge in [-0.05, 0) is 50.6 Å². The maximum atomic E-state index is 3.48. The van der Waals surface area contributed by atoms with Crippen LogP contribution in [0.1, 0.15) is 18.4 Å². The Hall–Kier alpha value is -1.02. The van der Waals surface area contributed by atoms with E-state index in [1.165, 1.54) is 24.1 Å². The summed E-state index contributed by atoms with van der Waals surface area (Å²) in [5.41, 5.74) is 2.67. The van der Waals surface area contributed by atoms with E-state index >= 15 is 0 Å². The van der Waals surface area contributed by atoms with Crippen molar-refractivity contribution >= 4 is 5.69 Å². The van der Waals surface area contributed by atoms with Crippen molar-refractivity contribution in [3.8, 4) is 0 Å². The topological polar surface area (TPSA) is 24.1 Å². The van der Waals surface area contributed by atoms with Crippen LogP contribution in [-0.4, -0.2) is 19.6 Å². The Morgan fingerprint density at radius 3 is 2.50 bits per heavy atom. The Bertz CT molecular complexity index is 275. The van der Waals surface area contributed by atoms with Crippen LogP contribution in [0.3, 0.4) is 0 Å². The summed E-state index contributed by atoms with van der Waals surface area (Å²) in [6.45, 7) is 1.05. The van der Waals surface area contributed by atoms with Crippen molar-refractivity contribution in [3.63, 3.8) is 0 Å². The summed E-state index contributed by atoms with van der Waals surface area (Å²) in [5, 5.41) is 6.64. The first-order valence-corrected chi connectivity index (χ1v) is 5.38. The molecule has 2 heteroatoms. The predicted molar refractivity (Wildman–Crippen MR) is 60.7 cm³/mol. The number of likely N-dealkylation sites (N-methyl/N-ethyl adjacent to an activating group) is 1. The fourth-order valence-electron chi connectivity index (χ4n) is 1.50. The highest BCUT2D eigenvalue weighted by atomic mass is 14.9. The van der Waals surface area contributed by atoms with Gasteiger partial charge in [-0.15, -0.1) is 0 Å². The number of anilines is 1. The molecule has 0 amide bonds. The average Bonchev–Trinajstić information content (AvgIpc) is 3.01. The molecule has 0 unspecified atom stereocenters. The first-order valence-electron chi connectivity index (χ1n) is 5.38. The van der Waals surface area contributed by atoms with Gasteiger partial charge >= 0.3 is 0 Å². The molecule has 2 rings (SSSR count). The third kappa shape index (κ3) is 2.74. The zero-order valence-corrected chi connectivity index (χ0v) is 8.72. The zero-order valence-electron chi connectivity index (χ0n) is 8.72. The lowest BCUT2D eigenvalue weighted by Crippen LogP contribution is -2.10. The number of hydrogen-bond donors (Lipinski definition) is 2. The lowest BCUT2D eigenvalue weighted by Gasteiger charge is -2.05. The molecule has 1 aromatic carbocycles. The maximum Gasteiger partial charge on any atom is 0.0342 e. The fraction of sp³-hybridized carbons (Fsp3) is 0.500. The minimum atomic E-state index is 0.748. The molecule has 2 N–H and O–H groups in total. The van der Waals surface area contributed by atoms with Gasteiger partial charge in [0.2, 0.25) is 0 Å². The van der Waals surface area contributed by atoms with Crippen molar-refractivity contribution in [1.29, 1.82) is 0 Å². The summed E-state index contributed by atoms with van der Waals surface area (Å²) in [6.07, 6.45) is 3.78. The van der Waals surface area contributed by atoms with Gasteiger partial charge in [0.25, 0.3) is 0 Å². The Kier molecular flexibility index (Phi) is 3.04. The van der Waals surface area contributed by atoms with Gasteiger partial charge in [0.1, 0.15) is 0 Å². The molecule has 76 valence electrons. The molecule has 0 aliphatic heterocycles. The first-order chi connectivity index (χ1) is 6.88. The monoisotopic (exact) mass is 190 g/mol. The molecule has 2 nitrogen and oxygen atoms in total. The molecule has 1 aromatic rings. The quantitative estimate of drug-likeness (QED) is 0.742. The molecule has 0 spiro atoms. The van der Waals surface area contributed by atoms with Crippen LogP contribution in [0.25, 0.3) is 0 Å². The van der Waals surface area contributed by atoms with Gasteiger partial charge in [-0.3, -0.25) is 0 Å². The second-order valence-corrected chi connectivity index (χ2v) is 3.97. The highest BCUT2D eigenvalue weighted by molar-refractivity contribution is 5.46. The summed E-state index contributed by atoms with van der Waals surface area (Å²) >= 11 is 0. The Morgan fingerprint density at radius 1 is 1.21 bits per heavy atom. The van der Waals surface area contributed by atoms with Crippen LogP contribution in [0, 0.1) is 0 Å². The normalized spacial score (nSPS) is 15.5. The molecule has 1 aliphatic carbocycles. The molecule has 0 bridgehead atoms. The Balaban J connectivity index is 1.88. The lowest BCUT2D eigenvalue weighted by atomic mass is 10.1. The minimum absolute atomic E-state index is 0.748. The van der Waals surface area contributed by atoms with E-state index in [0.29, 0.717) is 0 Å². The first kappa shape index (κ1) is 9.53. The van der Waals surface area contributed by atoms with Crippen LogP contribution in [-0.2, 0) is 6.42 Å². The number of rotatable bonds is 5. The third-order valence-electron chi connectivity index (χ3n) is 2.57. The number of nitrogens with one attached hydrogen (secondary N) is 2. The van der Waals surface area contributed by atoms with Crippen molar-refractivity contribution in [2.24, 2.45) is 0 Å². The minimum Gasteiger partial charge on any atom is -0.382 e. The molecular formula is C12H18N2. The van der Waals surface area contributed by atoms with Crippen LogP contribution in [0.5, 0.6) is 0 Å². The number of hydrogen-bond acceptors (Lipinski definition) is 2. The summed E-state index contributed by atoms with van der Waals surface area (Å²) in [5.74, 6) is 0. The Labute approximate surface area is 85.7 Å². The van der Waals surface area contributed by atoms with E-state index in [2.05, 4.69) is 34.9 Å². The molecule has 0 radical (unpaired) electrons. The van der Waals surface area contributed by atoms with Gasteiger partial charge < -0.3 is 10.6 Å². The van der Waals surface area contributed by atoms with Crippen LogP contribution < -0.4 is 10.6 Å². The van der Waals surface area contributed by atoms with E-state index in [-0.39, 0.29) is 0 Å². The van der Waals surface area contributed by atoms with Gasteiger partial charge in [0.05, 0.1) is 0 Å². The molecule has 0 saturated heterocycles. The van der Waals surface area contributed by atoms with Crippen molar-refractivity contribution in [2.45, 2.75) is 25.3 Å².